The molecule has 2 atom stereocenters. The van der Waals surface area contributed by atoms with Gasteiger partial charge in [-0.15, -0.1) is 0 Å². The van der Waals surface area contributed by atoms with Gasteiger partial charge < -0.3 is 9.88 Å². The lowest BCUT2D eigenvalue weighted by Gasteiger charge is -2.23. The highest BCUT2D eigenvalue weighted by Crippen LogP contribution is 2.29. The van der Waals surface area contributed by atoms with E-state index in [9.17, 15) is 0 Å². The van der Waals surface area contributed by atoms with Crippen LogP contribution in [0.15, 0.2) is 18.3 Å². The Morgan fingerprint density at radius 3 is 3.09 bits per heavy atom. The summed E-state index contributed by atoms with van der Waals surface area (Å²) in [5, 5.41) is 4.39. The summed E-state index contributed by atoms with van der Waals surface area (Å²) in [4.78, 5) is 9.51. The lowest BCUT2D eigenvalue weighted by molar-refractivity contribution is 0.390. The van der Waals surface area contributed by atoms with Gasteiger partial charge in [-0.05, 0) is 50.1 Å². The highest BCUT2D eigenvalue weighted by molar-refractivity contribution is 8.00. The Morgan fingerprint density at radius 1 is 1.27 bits per heavy atom. The third-order valence-electron chi connectivity index (χ3n) is 4.83. The molecule has 5 heteroatoms. The third kappa shape index (κ3) is 3.01. The fraction of sp³-hybridized carbons (Fsp3) is 0.647. The molecule has 0 spiro atoms. The average Bonchev–Trinajstić information content (AvgIpc) is 3.18. The third-order valence-corrected chi connectivity index (χ3v) is 6.21. The van der Waals surface area contributed by atoms with Crippen molar-refractivity contribution >= 4 is 22.9 Å². The Balaban J connectivity index is 1.62. The molecule has 0 bridgehead atoms. The Labute approximate surface area is 136 Å². The van der Waals surface area contributed by atoms with Gasteiger partial charge in [0, 0.05) is 30.5 Å². The van der Waals surface area contributed by atoms with Gasteiger partial charge in [0.2, 0.25) is 0 Å². The maximum absolute atomic E-state index is 4.90. The van der Waals surface area contributed by atoms with Crippen LogP contribution in [0.25, 0.3) is 11.2 Å². The van der Waals surface area contributed by atoms with E-state index >= 15 is 0 Å². The molecule has 0 aromatic carbocycles. The number of rotatable bonds is 4. The monoisotopic (exact) mass is 316 g/mol. The van der Waals surface area contributed by atoms with Gasteiger partial charge in [0.1, 0.15) is 11.3 Å². The molecule has 2 aliphatic rings. The topological polar surface area (TPSA) is 42.7 Å². The molecule has 2 fully saturated rings. The Kier molecular flexibility index (Phi) is 4.35. The van der Waals surface area contributed by atoms with Crippen molar-refractivity contribution in [3.05, 3.63) is 24.2 Å². The van der Waals surface area contributed by atoms with Crippen LogP contribution in [0.4, 0.5) is 0 Å². The normalized spacial score (nSPS) is 25.8. The van der Waals surface area contributed by atoms with Crippen LogP contribution in [0.5, 0.6) is 0 Å². The molecular formula is C17H24N4S. The van der Waals surface area contributed by atoms with Crippen molar-refractivity contribution in [1.82, 2.24) is 19.9 Å². The Morgan fingerprint density at radius 2 is 2.27 bits per heavy atom. The van der Waals surface area contributed by atoms with E-state index in [1.54, 1.807) is 0 Å². The Hall–Kier alpha value is -1.07. The van der Waals surface area contributed by atoms with Crippen LogP contribution in [0.2, 0.25) is 0 Å². The predicted molar refractivity (Wildman–Crippen MR) is 92.4 cm³/mol. The zero-order valence-electron chi connectivity index (χ0n) is 13.0. The van der Waals surface area contributed by atoms with Crippen LogP contribution in [-0.2, 0) is 13.0 Å². The first-order valence-electron chi connectivity index (χ1n) is 8.55. The van der Waals surface area contributed by atoms with Crippen LogP contribution < -0.4 is 5.32 Å². The summed E-state index contributed by atoms with van der Waals surface area (Å²) in [5.41, 5.74) is 2.12. The number of hydrogen-bond donors (Lipinski definition) is 1. The van der Waals surface area contributed by atoms with Crippen LogP contribution in [-0.4, -0.2) is 38.1 Å². The molecule has 0 saturated carbocycles. The van der Waals surface area contributed by atoms with Gasteiger partial charge in [-0.3, -0.25) is 0 Å². The minimum Gasteiger partial charge on any atom is -0.314 e. The fourth-order valence-electron chi connectivity index (χ4n) is 3.66. The van der Waals surface area contributed by atoms with E-state index < -0.39 is 0 Å². The van der Waals surface area contributed by atoms with Crippen molar-refractivity contribution in [2.45, 2.75) is 56.4 Å². The highest BCUT2D eigenvalue weighted by atomic mass is 32.2. The molecule has 4 nitrogen and oxygen atoms in total. The van der Waals surface area contributed by atoms with Gasteiger partial charge in [0.05, 0.1) is 0 Å². The molecule has 2 aromatic rings. The molecule has 0 aliphatic carbocycles. The number of imidazole rings is 1. The molecule has 0 radical (unpaired) electrons. The first-order valence-corrected chi connectivity index (χ1v) is 9.60. The molecule has 118 valence electrons. The van der Waals surface area contributed by atoms with E-state index in [2.05, 4.69) is 32.7 Å². The number of nitrogens with zero attached hydrogens (tertiary/aromatic N) is 3. The minimum absolute atomic E-state index is 0.584. The average molecular weight is 316 g/mol. The SMILES string of the molecule is c1cnc2c(c1)nc(CC1CCCCN1)n2CC1CCCS1. The number of piperidine rings is 1. The summed E-state index contributed by atoms with van der Waals surface area (Å²) in [7, 11) is 0. The molecule has 2 aliphatic heterocycles. The van der Waals surface area contributed by atoms with E-state index in [-0.39, 0.29) is 0 Å². The van der Waals surface area contributed by atoms with Gasteiger partial charge in [-0.25, -0.2) is 9.97 Å². The number of nitrogens with one attached hydrogen (secondary N) is 1. The number of aromatic nitrogens is 3. The van der Waals surface area contributed by atoms with E-state index in [1.165, 1.54) is 43.7 Å². The predicted octanol–water partition coefficient (Wildman–Crippen LogP) is 3.01. The molecule has 2 saturated heterocycles. The second-order valence-corrected chi connectivity index (χ2v) is 7.88. The molecule has 2 aromatic heterocycles. The first-order chi connectivity index (χ1) is 10.9. The van der Waals surface area contributed by atoms with Crippen LogP contribution in [0.3, 0.4) is 0 Å². The summed E-state index contributed by atoms with van der Waals surface area (Å²) in [6, 6.07) is 4.67. The van der Waals surface area contributed by atoms with E-state index in [4.69, 9.17) is 4.98 Å². The summed E-state index contributed by atoms with van der Waals surface area (Å²) in [6.45, 7) is 2.22. The smallest absolute Gasteiger partial charge is 0.160 e. The van der Waals surface area contributed by atoms with Crippen LogP contribution in [0, 0.1) is 0 Å². The summed E-state index contributed by atoms with van der Waals surface area (Å²) in [6.07, 6.45) is 9.54. The van der Waals surface area contributed by atoms with Crippen molar-refractivity contribution in [3.63, 3.8) is 0 Å². The van der Waals surface area contributed by atoms with Crippen molar-refractivity contribution in [3.8, 4) is 0 Å². The second-order valence-electron chi connectivity index (χ2n) is 6.47. The molecule has 22 heavy (non-hydrogen) atoms. The minimum atomic E-state index is 0.584. The Bertz CT molecular complexity index is 627. The fourth-order valence-corrected chi connectivity index (χ4v) is 4.92. The van der Waals surface area contributed by atoms with E-state index in [0.717, 1.165) is 35.9 Å². The molecular weight excluding hydrogens is 292 g/mol. The molecule has 4 rings (SSSR count). The van der Waals surface area contributed by atoms with Crippen molar-refractivity contribution in [1.29, 1.82) is 0 Å². The van der Waals surface area contributed by atoms with Crippen molar-refractivity contribution < 1.29 is 0 Å². The standard InChI is InChI=1S/C17H24N4S/c1-2-8-18-13(5-1)11-16-20-15-7-3-9-19-17(15)21(16)12-14-6-4-10-22-14/h3,7,9,13-14,18H,1-2,4-6,8,10-12H2. The summed E-state index contributed by atoms with van der Waals surface area (Å²) >= 11 is 2.11. The lowest BCUT2D eigenvalue weighted by atomic mass is 10.0. The van der Waals surface area contributed by atoms with Gasteiger partial charge in [0.15, 0.2) is 5.65 Å². The van der Waals surface area contributed by atoms with Crippen molar-refractivity contribution in [2.75, 3.05) is 12.3 Å². The second kappa shape index (κ2) is 6.59. The molecule has 4 heterocycles. The van der Waals surface area contributed by atoms with Crippen molar-refractivity contribution in [2.24, 2.45) is 0 Å². The van der Waals surface area contributed by atoms with Gasteiger partial charge in [0.25, 0.3) is 0 Å². The summed E-state index contributed by atoms with van der Waals surface area (Å²) in [5.74, 6) is 2.53. The maximum Gasteiger partial charge on any atom is 0.160 e. The lowest BCUT2D eigenvalue weighted by Crippen LogP contribution is -2.36. The number of hydrogen-bond acceptors (Lipinski definition) is 4. The maximum atomic E-state index is 4.90. The van der Waals surface area contributed by atoms with Gasteiger partial charge in [-0.2, -0.15) is 11.8 Å². The zero-order valence-corrected chi connectivity index (χ0v) is 13.8. The van der Waals surface area contributed by atoms with Gasteiger partial charge >= 0.3 is 0 Å². The number of thioether (sulfide) groups is 1. The van der Waals surface area contributed by atoms with Crippen LogP contribution in [0.1, 0.15) is 37.9 Å². The number of pyridine rings is 1. The van der Waals surface area contributed by atoms with Gasteiger partial charge in [-0.1, -0.05) is 6.42 Å². The molecule has 2 unspecified atom stereocenters. The van der Waals surface area contributed by atoms with Crippen LogP contribution >= 0.6 is 11.8 Å². The zero-order chi connectivity index (χ0) is 14.8. The largest absolute Gasteiger partial charge is 0.314 e. The molecule has 0 amide bonds. The quantitative estimate of drug-likeness (QED) is 0.941. The number of fused-ring (bicyclic) bond motifs is 1. The highest BCUT2D eigenvalue weighted by Gasteiger charge is 2.22. The summed E-state index contributed by atoms with van der Waals surface area (Å²) < 4.78 is 2.40. The van der Waals surface area contributed by atoms with E-state index in [1.807, 2.05) is 12.3 Å². The molecule has 1 N–H and O–H groups in total. The first kappa shape index (κ1) is 14.5. The van der Waals surface area contributed by atoms with E-state index in [0.29, 0.717) is 6.04 Å².